The third-order valence-electron chi connectivity index (χ3n) is 3.81. The zero-order chi connectivity index (χ0) is 13.0. The van der Waals surface area contributed by atoms with E-state index in [1.807, 2.05) is 19.4 Å². The second kappa shape index (κ2) is 5.82. The molecule has 0 aromatic carbocycles. The molecule has 1 aliphatic rings. The van der Waals surface area contributed by atoms with Crippen molar-refractivity contribution in [3.8, 4) is 0 Å². The number of hydrogen-bond acceptors (Lipinski definition) is 4. The van der Waals surface area contributed by atoms with Crippen LogP contribution in [0.2, 0.25) is 0 Å². The van der Waals surface area contributed by atoms with Crippen LogP contribution in [-0.2, 0) is 11.8 Å². The molecule has 18 heavy (non-hydrogen) atoms. The Morgan fingerprint density at radius 3 is 2.94 bits per heavy atom. The van der Waals surface area contributed by atoms with Gasteiger partial charge in [0.2, 0.25) is 0 Å². The van der Waals surface area contributed by atoms with Gasteiger partial charge < -0.3 is 15.8 Å². The molecule has 1 aliphatic carbocycles. The van der Waals surface area contributed by atoms with Gasteiger partial charge in [-0.2, -0.15) is 5.10 Å². The third kappa shape index (κ3) is 3.54. The van der Waals surface area contributed by atoms with E-state index in [1.165, 1.54) is 12.8 Å². The summed E-state index contributed by atoms with van der Waals surface area (Å²) < 4.78 is 6.94. The minimum atomic E-state index is 0.0249. The lowest BCUT2D eigenvalue weighted by Gasteiger charge is -2.17. The number of aromatic nitrogens is 2. The van der Waals surface area contributed by atoms with E-state index in [0.29, 0.717) is 5.41 Å². The van der Waals surface area contributed by atoms with Crippen LogP contribution in [0.25, 0.3) is 0 Å². The first-order valence-corrected chi connectivity index (χ1v) is 6.59. The Kier molecular flexibility index (Phi) is 4.37. The van der Waals surface area contributed by atoms with Crippen molar-refractivity contribution in [3.05, 3.63) is 18.0 Å². The molecule has 1 aromatic rings. The minimum absolute atomic E-state index is 0.0249. The maximum atomic E-state index is 6.12. The number of aryl methyl sites for hydroxylation is 1. The summed E-state index contributed by atoms with van der Waals surface area (Å²) in [6.07, 6.45) is 7.59. The van der Waals surface area contributed by atoms with E-state index in [1.54, 1.807) is 11.8 Å². The normalized spacial score (nSPS) is 18.8. The van der Waals surface area contributed by atoms with E-state index in [0.717, 1.165) is 31.7 Å². The van der Waals surface area contributed by atoms with Gasteiger partial charge in [-0.25, -0.2) is 0 Å². The molecule has 1 atom stereocenters. The molecule has 0 radical (unpaired) electrons. The summed E-state index contributed by atoms with van der Waals surface area (Å²) >= 11 is 0. The van der Waals surface area contributed by atoms with Crippen LogP contribution in [-0.4, -0.2) is 36.6 Å². The lowest BCUT2D eigenvalue weighted by atomic mass is 10.0. The first kappa shape index (κ1) is 13.5. The molecule has 0 amide bonds. The van der Waals surface area contributed by atoms with Crippen LogP contribution in [0.3, 0.4) is 0 Å². The molecule has 1 saturated carbocycles. The molecule has 3 N–H and O–H groups in total. The highest BCUT2D eigenvalue weighted by Gasteiger charge is 2.41. The number of nitrogens with zero attached hydrogens (tertiary/aromatic N) is 2. The van der Waals surface area contributed by atoms with Gasteiger partial charge in [-0.05, 0) is 24.7 Å². The minimum Gasteiger partial charge on any atom is -0.385 e. The standard InChI is InChI=1S/C13H24N4O/c1-17-9-11(7-16-17)12(14)8-15-10-13(3-4-13)5-6-18-2/h7,9,12,15H,3-6,8,10,14H2,1-2H3. The summed E-state index contributed by atoms with van der Waals surface area (Å²) in [7, 11) is 3.68. The molecule has 0 bridgehead atoms. The van der Waals surface area contributed by atoms with Crippen molar-refractivity contribution in [1.82, 2.24) is 15.1 Å². The predicted octanol–water partition coefficient (Wildman–Crippen LogP) is 0.826. The Bertz CT molecular complexity index is 373. The monoisotopic (exact) mass is 252 g/mol. The second-order valence-corrected chi connectivity index (χ2v) is 5.43. The van der Waals surface area contributed by atoms with Crippen LogP contribution in [0.4, 0.5) is 0 Å². The molecule has 5 nitrogen and oxygen atoms in total. The van der Waals surface area contributed by atoms with E-state index in [-0.39, 0.29) is 6.04 Å². The number of nitrogens with two attached hydrogens (primary N) is 1. The number of hydrogen-bond donors (Lipinski definition) is 2. The summed E-state index contributed by atoms with van der Waals surface area (Å²) in [6, 6.07) is 0.0249. The van der Waals surface area contributed by atoms with Crippen LogP contribution in [0, 0.1) is 5.41 Å². The molecule has 1 fully saturated rings. The molecule has 2 rings (SSSR count). The van der Waals surface area contributed by atoms with Gasteiger partial charge in [0.1, 0.15) is 0 Å². The Morgan fingerprint density at radius 2 is 2.39 bits per heavy atom. The van der Waals surface area contributed by atoms with Crippen molar-refractivity contribution >= 4 is 0 Å². The number of methoxy groups -OCH3 is 1. The van der Waals surface area contributed by atoms with Crippen molar-refractivity contribution in [2.24, 2.45) is 18.2 Å². The average molecular weight is 252 g/mol. The van der Waals surface area contributed by atoms with Gasteiger partial charge in [-0.3, -0.25) is 4.68 Å². The topological polar surface area (TPSA) is 65.1 Å². The number of rotatable bonds is 8. The molecular weight excluding hydrogens is 228 g/mol. The van der Waals surface area contributed by atoms with Gasteiger partial charge in [0.05, 0.1) is 6.20 Å². The maximum absolute atomic E-state index is 6.12. The van der Waals surface area contributed by atoms with Gasteiger partial charge in [0.25, 0.3) is 0 Å². The molecule has 0 spiro atoms. The van der Waals surface area contributed by atoms with E-state index < -0.39 is 0 Å². The van der Waals surface area contributed by atoms with Crippen molar-refractivity contribution < 1.29 is 4.74 Å². The van der Waals surface area contributed by atoms with E-state index >= 15 is 0 Å². The van der Waals surface area contributed by atoms with E-state index in [9.17, 15) is 0 Å². The lowest BCUT2D eigenvalue weighted by molar-refractivity contribution is 0.171. The van der Waals surface area contributed by atoms with Gasteiger partial charge >= 0.3 is 0 Å². The van der Waals surface area contributed by atoms with Gasteiger partial charge in [-0.1, -0.05) is 0 Å². The SMILES string of the molecule is COCCC1(CNCC(N)c2cnn(C)c2)CC1. The lowest BCUT2D eigenvalue weighted by Crippen LogP contribution is -2.31. The van der Waals surface area contributed by atoms with E-state index in [4.69, 9.17) is 10.5 Å². The van der Waals surface area contributed by atoms with Gasteiger partial charge in [0, 0.05) is 51.7 Å². The first-order valence-electron chi connectivity index (χ1n) is 6.59. The quantitative estimate of drug-likeness (QED) is 0.719. The van der Waals surface area contributed by atoms with Gasteiger partial charge in [0.15, 0.2) is 0 Å². The highest BCUT2D eigenvalue weighted by Crippen LogP contribution is 2.48. The molecule has 1 heterocycles. The second-order valence-electron chi connectivity index (χ2n) is 5.43. The van der Waals surface area contributed by atoms with Crippen molar-refractivity contribution in [2.75, 3.05) is 26.8 Å². The summed E-state index contributed by atoms with van der Waals surface area (Å²) in [6.45, 7) is 2.71. The van der Waals surface area contributed by atoms with Crippen LogP contribution in [0.15, 0.2) is 12.4 Å². The third-order valence-corrected chi connectivity index (χ3v) is 3.81. The van der Waals surface area contributed by atoms with Crippen molar-refractivity contribution in [1.29, 1.82) is 0 Å². The zero-order valence-electron chi connectivity index (χ0n) is 11.4. The van der Waals surface area contributed by atoms with Crippen LogP contribution in [0.5, 0.6) is 0 Å². The smallest absolute Gasteiger partial charge is 0.0537 e. The Hall–Kier alpha value is -0.910. The van der Waals surface area contributed by atoms with E-state index in [2.05, 4.69) is 10.4 Å². The molecule has 1 aromatic heterocycles. The Morgan fingerprint density at radius 1 is 1.61 bits per heavy atom. The Labute approximate surface area is 109 Å². The fourth-order valence-corrected chi connectivity index (χ4v) is 2.25. The number of ether oxygens (including phenoxy) is 1. The first-order chi connectivity index (χ1) is 8.65. The molecule has 1 unspecified atom stereocenters. The largest absolute Gasteiger partial charge is 0.385 e. The van der Waals surface area contributed by atoms with Crippen LogP contribution < -0.4 is 11.1 Å². The van der Waals surface area contributed by atoms with Crippen LogP contribution in [0.1, 0.15) is 30.9 Å². The summed E-state index contributed by atoms with van der Waals surface area (Å²) in [5.41, 5.74) is 7.68. The highest BCUT2D eigenvalue weighted by atomic mass is 16.5. The molecule has 5 heteroatoms. The van der Waals surface area contributed by atoms with Crippen molar-refractivity contribution in [2.45, 2.75) is 25.3 Å². The van der Waals surface area contributed by atoms with Crippen LogP contribution >= 0.6 is 0 Å². The summed E-state index contributed by atoms with van der Waals surface area (Å²) in [5, 5.41) is 7.63. The average Bonchev–Trinajstić information content (AvgIpc) is 2.99. The number of nitrogens with one attached hydrogen (secondary N) is 1. The highest BCUT2D eigenvalue weighted by molar-refractivity contribution is 5.10. The maximum Gasteiger partial charge on any atom is 0.0537 e. The van der Waals surface area contributed by atoms with Crippen molar-refractivity contribution in [3.63, 3.8) is 0 Å². The summed E-state index contributed by atoms with van der Waals surface area (Å²) in [4.78, 5) is 0. The Balaban J connectivity index is 1.69. The van der Waals surface area contributed by atoms with Gasteiger partial charge in [-0.15, -0.1) is 0 Å². The fourth-order valence-electron chi connectivity index (χ4n) is 2.25. The fraction of sp³-hybridized carbons (Fsp3) is 0.769. The zero-order valence-corrected chi connectivity index (χ0v) is 11.4. The predicted molar refractivity (Wildman–Crippen MR) is 71.2 cm³/mol. The molecular formula is C13H24N4O. The molecule has 0 saturated heterocycles. The molecule has 0 aliphatic heterocycles. The summed E-state index contributed by atoms with van der Waals surface area (Å²) in [5.74, 6) is 0. The molecule has 102 valence electrons.